The first-order valence-corrected chi connectivity index (χ1v) is 6.40. The summed E-state index contributed by atoms with van der Waals surface area (Å²) in [7, 11) is 0. The first kappa shape index (κ1) is 19.1. The minimum absolute atomic E-state index is 0.0118. The average molecular weight is 321 g/mol. The number of halogens is 2. The van der Waals surface area contributed by atoms with Crippen molar-refractivity contribution in [1.82, 2.24) is 10.6 Å². The van der Waals surface area contributed by atoms with Gasteiger partial charge in [-0.05, 0) is 6.42 Å². The summed E-state index contributed by atoms with van der Waals surface area (Å²) in [6, 6.07) is 0. The molecule has 0 saturated heterocycles. The lowest BCUT2D eigenvalue weighted by atomic mass is 10.2. The van der Waals surface area contributed by atoms with E-state index in [-0.39, 0.29) is 23.9 Å². The van der Waals surface area contributed by atoms with Crippen LogP contribution in [0.4, 0.5) is 4.39 Å². The van der Waals surface area contributed by atoms with Crippen LogP contribution in [0.3, 0.4) is 0 Å². The second-order valence-electron chi connectivity index (χ2n) is 3.97. The molecule has 2 amide bonds. The zero-order valence-corrected chi connectivity index (χ0v) is 12.2. The number of nitrogens with one attached hydrogen (secondary N) is 2. The number of carbonyl (C=O) groups excluding carboxylic acids is 2. The molecule has 6 nitrogen and oxygen atoms in total. The van der Waals surface area contributed by atoms with E-state index < -0.39 is 17.8 Å². The van der Waals surface area contributed by atoms with Gasteiger partial charge >= 0.3 is 0 Å². The van der Waals surface area contributed by atoms with Crippen molar-refractivity contribution in [3.63, 3.8) is 0 Å². The number of hydrogen-bond acceptors (Lipinski definition) is 4. The van der Waals surface area contributed by atoms with Gasteiger partial charge < -0.3 is 20.5 Å². The third kappa shape index (κ3) is 10.6. The quantitative estimate of drug-likeness (QED) is 0.227. The van der Waals surface area contributed by atoms with Crippen molar-refractivity contribution in [1.29, 1.82) is 0 Å². The topological polar surface area (TPSA) is 87.7 Å². The van der Waals surface area contributed by atoms with Gasteiger partial charge in [0.25, 0.3) is 5.91 Å². The molecule has 0 rings (SSSR count). The van der Waals surface area contributed by atoms with E-state index in [9.17, 15) is 19.1 Å². The molecule has 0 aliphatic rings. The smallest absolute Gasteiger partial charge is 0.258 e. The number of amides is 2. The molecule has 0 aromatic carbocycles. The van der Waals surface area contributed by atoms with Crippen molar-refractivity contribution in [2.45, 2.75) is 12.5 Å². The van der Waals surface area contributed by atoms with Crippen molar-refractivity contribution in [3.8, 4) is 0 Å². The van der Waals surface area contributed by atoms with Crippen molar-refractivity contribution < 1.29 is 23.8 Å². The van der Waals surface area contributed by atoms with E-state index >= 15 is 0 Å². The van der Waals surface area contributed by atoms with Gasteiger partial charge in [-0.3, -0.25) is 9.59 Å². The highest BCUT2D eigenvalue weighted by atomic mass is 35.5. The summed E-state index contributed by atoms with van der Waals surface area (Å²) < 4.78 is 17.9. The number of aliphatic hydroxyl groups excluding tert-OH is 1. The highest BCUT2D eigenvalue weighted by Gasteiger charge is 2.08. The van der Waals surface area contributed by atoms with Gasteiger partial charge in [0.15, 0.2) is 6.61 Å². The van der Waals surface area contributed by atoms with Crippen LogP contribution < -0.4 is 10.6 Å². The summed E-state index contributed by atoms with van der Waals surface area (Å²) >= 11 is 5.30. The molecule has 0 saturated carbocycles. The van der Waals surface area contributed by atoms with E-state index in [4.69, 9.17) is 16.3 Å². The predicted octanol–water partition coefficient (Wildman–Crippen LogP) is 0.736. The second-order valence-corrected chi connectivity index (χ2v) is 4.43. The maximum absolute atomic E-state index is 13.0. The molecule has 0 spiro atoms. The maximum atomic E-state index is 13.0. The Balaban J connectivity index is 3.90. The van der Waals surface area contributed by atoms with Gasteiger partial charge in [-0.15, -0.1) is 0 Å². The first-order valence-electron chi connectivity index (χ1n) is 6.02. The molecule has 0 aliphatic carbocycles. The molecule has 0 aromatic heterocycles. The van der Waals surface area contributed by atoms with Gasteiger partial charge in [0.05, 0.1) is 11.1 Å². The lowest BCUT2D eigenvalue weighted by molar-refractivity contribution is -0.124. The molecule has 0 bridgehead atoms. The fourth-order valence-corrected chi connectivity index (χ4v) is 1.17. The highest BCUT2D eigenvalue weighted by Crippen LogP contribution is 2.15. The molecule has 0 aromatic rings. The van der Waals surface area contributed by atoms with E-state index in [2.05, 4.69) is 23.8 Å². The zero-order chi connectivity index (χ0) is 16.3. The molecule has 1 unspecified atom stereocenters. The summed E-state index contributed by atoms with van der Waals surface area (Å²) in [5.74, 6) is -1.39. The minimum atomic E-state index is -0.805. The van der Waals surface area contributed by atoms with Gasteiger partial charge in [-0.1, -0.05) is 24.8 Å². The summed E-state index contributed by atoms with van der Waals surface area (Å²) in [6.45, 7) is 6.50. The molecule has 1 atom stereocenters. The molecule has 3 N–H and O–H groups in total. The van der Waals surface area contributed by atoms with E-state index in [0.717, 1.165) is 6.08 Å². The summed E-state index contributed by atoms with van der Waals surface area (Å²) in [6.07, 6.45) is 0.940. The molecule has 0 heterocycles. The average Bonchev–Trinajstić information content (AvgIpc) is 2.43. The minimum Gasteiger partial charge on any atom is -0.484 e. The molecule has 8 heteroatoms. The van der Waals surface area contributed by atoms with Gasteiger partial charge in [-0.25, -0.2) is 4.39 Å². The third-order valence-electron chi connectivity index (χ3n) is 2.18. The predicted molar refractivity (Wildman–Crippen MR) is 77.0 cm³/mol. The van der Waals surface area contributed by atoms with Crippen LogP contribution in [0.15, 0.2) is 35.9 Å². The van der Waals surface area contributed by atoms with Crippen molar-refractivity contribution in [2.75, 3.05) is 19.7 Å². The maximum Gasteiger partial charge on any atom is 0.258 e. The van der Waals surface area contributed by atoms with Crippen LogP contribution in [-0.2, 0) is 14.3 Å². The fraction of sp³-hybridized carbons (Fsp3) is 0.385. The van der Waals surface area contributed by atoms with Crippen LogP contribution in [0.2, 0.25) is 0 Å². The summed E-state index contributed by atoms with van der Waals surface area (Å²) in [4.78, 5) is 21.4. The Hall–Kier alpha value is -1.86. The number of ether oxygens (including phenoxy) is 1. The summed E-state index contributed by atoms with van der Waals surface area (Å²) in [5, 5.41) is 14.0. The number of allylic oxidation sites excluding steroid dienone is 3. The zero-order valence-electron chi connectivity index (χ0n) is 11.4. The Morgan fingerprint density at radius 1 is 1.48 bits per heavy atom. The van der Waals surface area contributed by atoms with Crippen molar-refractivity contribution in [2.24, 2.45) is 0 Å². The number of hydrogen-bond donors (Lipinski definition) is 3. The van der Waals surface area contributed by atoms with Crippen LogP contribution in [-0.4, -0.2) is 43.2 Å². The van der Waals surface area contributed by atoms with E-state index in [1.165, 1.54) is 0 Å². The van der Waals surface area contributed by atoms with Crippen LogP contribution >= 0.6 is 11.6 Å². The Labute approximate surface area is 127 Å². The Bertz CT molecular complexity index is 426. The molecule has 0 aliphatic heterocycles. The number of carbonyl (C=O) groups is 2. The lowest BCUT2D eigenvalue weighted by Gasteiger charge is -2.12. The standard InChI is InChI=1S/C13H18ClFN2O4/c1-9(5-12(15)10(2)14)21-7-13(20)17-6-11(19)3-4-16-8-18/h5,8,11,19H,1-4,6-7H2,(H,16,18)(H,17,20)/b12-5+. The molecule has 0 fully saturated rings. The molecular weight excluding hydrogens is 303 g/mol. The van der Waals surface area contributed by atoms with Crippen LogP contribution in [0.25, 0.3) is 0 Å². The largest absolute Gasteiger partial charge is 0.484 e. The molecular formula is C13H18ClFN2O4. The number of aliphatic hydroxyl groups is 1. The summed E-state index contributed by atoms with van der Waals surface area (Å²) in [5.41, 5.74) is 0. The van der Waals surface area contributed by atoms with Gasteiger partial charge in [0.2, 0.25) is 6.41 Å². The van der Waals surface area contributed by atoms with Gasteiger partial charge in [0, 0.05) is 19.2 Å². The van der Waals surface area contributed by atoms with Gasteiger partial charge in [0.1, 0.15) is 11.6 Å². The molecule has 118 valence electrons. The van der Waals surface area contributed by atoms with E-state index in [1.807, 2.05) is 0 Å². The Kier molecular flexibility index (Phi) is 9.91. The van der Waals surface area contributed by atoms with Crippen LogP contribution in [0, 0.1) is 0 Å². The lowest BCUT2D eigenvalue weighted by Crippen LogP contribution is -2.35. The third-order valence-corrected chi connectivity index (χ3v) is 2.36. The van der Waals surface area contributed by atoms with E-state index in [0.29, 0.717) is 19.4 Å². The molecule has 21 heavy (non-hydrogen) atoms. The fourth-order valence-electron chi connectivity index (χ4n) is 1.11. The highest BCUT2D eigenvalue weighted by molar-refractivity contribution is 6.31. The van der Waals surface area contributed by atoms with Crippen LogP contribution in [0.5, 0.6) is 0 Å². The normalized spacial score (nSPS) is 12.2. The van der Waals surface area contributed by atoms with Gasteiger partial charge in [-0.2, -0.15) is 0 Å². The van der Waals surface area contributed by atoms with Crippen molar-refractivity contribution in [3.05, 3.63) is 35.9 Å². The SMILES string of the molecule is C=C(/C=C(/F)C(=C)Cl)OCC(=O)NCC(O)CCNC=O. The Morgan fingerprint density at radius 3 is 2.71 bits per heavy atom. The number of rotatable bonds is 11. The Morgan fingerprint density at radius 2 is 2.14 bits per heavy atom. The second kappa shape index (κ2) is 10.9. The first-order chi connectivity index (χ1) is 9.86. The van der Waals surface area contributed by atoms with E-state index in [1.54, 1.807) is 0 Å². The monoisotopic (exact) mass is 320 g/mol. The van der Waals surface area contributed by atoms with Crippen molar-refractivity contribution >= 4 is 23.9 Å². The van der Waals surface area contributed by atoms with Crippen LogP contribution in [0.1, 0.15) is 6.42 Å². The molecule has 0 radical (unpaired) electrons.